The SMILES string of the molecule is C=C/C(C#N)=C\Cc1cccc(-c2c3ccccc3c(-c3cccc(/C(N)=C/C(C#N)=C\C)c3)c3ccccc23)c1. The Morgan fingerprint density at radius 3 is 1.78 bits per heavy atom. The van der Waals surface area contributed by atoms with Gasteiger partial charge in [0.05, 0.1) is 12.1 Å². The molecule has 0 saturated heterocycles. The minimum absolute atomic E-state index is 0.527. The molecular weight excluding hydrogens is 498 g/mol. The summed E-state index contributed by atoms with van der Waals surface area (Å²) in [5.74, 6) is 0. The van der Waals surface area contributed by atoms with E-state index in [1.807, 2.05) is 25.1 Å². The third-order valence-electron chi connectivity index (χ3n) is 7.29. The van der Waals surface area contributed by atoms with Gasteiger partial charge in [-0.1, -0.05) is 116 Å². The Hall–Kier alpha value is -5.64. The minimum Gasteiger partial charge on any atom is -0.398 e. The molecule has 3 heteroatoms. The molecule has 0 bridgehead atoms. The molecule has 5 rings (SSSR count). The average Bonchev–Trinajstić information content (AvgIpc) is 3.03. The van der Waals surface area contributed by atoms with Crippen LogP contribution in [-0.4, -0.2) is 0 Å². The molecule has 5 aromatic carbocycles. The van der Waals surface area contributed by atoms with E-state index in [0.29, 0.717) is 23.3 Å². The van der Waals surface area contributed by atoms with E-state index in [0.717, 1.165) is 49.4 Å². The molecule has 0 amide bonds. The maximum atomic E-state index is 9.37. The molecule has 0 aliphatic carbocycles. The molecule has 0 saturated carbocycles. The van der Waals surface area contributed by atoms with Crippen molar-refractivity contribution in [3.05, 3.63) is 150 Å². The van der Waals surface area contributed by atoms with E-state index in [4.69, 9.17) is 5.73 Å². The topological polar surface area (TPSA) is 73.6 Å². The van der Waals surface area contributed by atoms with Crippen LogP contribution in [0.3, 0.4) is 0 Å². The second kappa shape index (κ2) is 12.0. The smallest absolute Gasteiger partial charge is 0.0988 e. The van der Waals surface area contributed by atoms with E-state index in [-0.39, 0.29) is 0 Å². The van der Waals surface area contributed by atoms with Gasteiger partial charge in [0.25, 0.3) is 0 Å². The van der Waals surface area contributed by atoms with Crippen molar-refractivity contribution in [2.75, 3.05) is 0 Å². The van der Waals surface area contributed by atoms with Gasteiger partial charge < -0.3 is 5.73 Å². The monoisotopic (exact) mass is 527 g/mol. The molecule has 0 fully saturated rings. The summed E-state index contributed by atoms with van der Waals surface area (Å²) < 4.78 is 0. The number of allylic oxidation sites excluding steroid dienone is 6. The molecule has 0 radical (unpaired) electrons. The molecule has 196 valence electrons. The number of rotatable bonds is 7. The van der Waals surface area contributed by atoms with Crippen LogP contribution in [0.5, 0.6) is 0 Å². The molecule has 2 N–H and O–H groups in total. The van der Waals surface area contributed by atoms with Crippen LogP contribution in [0.2, 0.25) is 0 Å². The van der Waals surface area contributed by atoms with Gasteiger partial charge in [0.1, 0.15) is 0 Å². The zero-order valence-electron chi connectivity index (χ0n) is 22.9. The summed E-state index contributed by atoms with van der Waals surface area (Å²) >= 11 is 0. The van der Waals surface area contributed by atoms with E-state index in [1.165, 1.54) is 5.56 Å². The van der Waals surface area contributed by atoms with Crippen LogP contribution in [0.4, 0.5) is 0 Å². The van der Waals surface area contributed by atoms with Crippen molar-refractivity contribution in [2.45, 2.75) is 13.3 Å². The summed E-state index contributed by atoms with van der Waals surface area (Å²) in [7, 11) is 0. The summed E-state index contributed by atoms with van der Waals surface area (Å²) in [6, 6.07) is 38.1. The highest BCUT2D eigenvalue weighted by Gasteiger charge is 2.17. The largest absolute Gasteiger partial charge is 0.398 e. The lowest BCUT2D eigenvalue weighted by Gasteiger charge is -2.18. The molecule has 3 nitrogen and oxygen atoms in total. The van der Waals surface area contributed by atoms with Crippen LogP contribution in [0.25, 0.3) is 49.5 Å². The molecule has 0 spiro atoms. The third-order valence-corrected chi connectivity index (χ3v) is 7.29. The number of nitriles is 2. The van der Waals surface area contributed by atoms with E-state index >= 15 is 0 Å². The number of nitrogens with two attached hydrogens (primary N) is 1. The molecule has 0 heterocycles. The second-order valence-corrected chi connectivity index (χ2v) is 9.76. The Labute approximate surface area is 241 Å². The first-order chi connectivity index (χ1) is 20.1. The summed E-state index contributed by atoms with van der Waals surface area (Å²) in [5, 5.41) is 23.3. The minimum atomic E-state index is 0.527. The maximum absolute atomic E-state index is 9.37. The number of hydrogen-bond acceptors (Lipinski definition) is 3. The fourth-order valence-electron chi connectivity index (χ4n) is 5.29. The van der Waals surface area contributed by atoms with E-state index in [2.05, 4.69) is 104 Å². The first-order valence-corrected chi connectivity index (χ1v) is 13.5. The van der Waals surface area contributed by atoms with Crippen molar-refractivity contribution < 1.29 is 0 Å². The lowest BCUT2D eigenvalue weighted by molar-refractivity contribution is 1.26. The molecule has 0 atom stereocenters. The number of hydrogen-bond donors (Lipinski definition) is 1. The molecule has 5 aromatic rings. The van der Waals surface area contributed by atoms with Gasteiger partial charge in [-0.3, -0.25) is 0 Å². The molecule has 0 unspecified atom stereocenters. The number of nitrogens with zero attached hydrogens (tertiary/aromatic N) is 2. The fraction of sp³-hybridized carbons (Fsp3) is 0.0526. The number of fused-ring (bicyclic) bond motifs is 2. The van der Waals surface area contributed by atoms with Crippen LogP contribution in [0.15, 0.2) is 139 Å². The highest BCUT2D eigenvalue weighted by Crippen LogP contribution is 2.44. The van der Waals surface area contributed by atoms with Crippen molar-refractivity contribution in [3.8, 4) is 34.4 Å². The third kappa shape index (κ3) is 5.44. The van der Waals surface area contributed by atoms with Crippen molar-refractivity contribution in [1.29, 1.82) is 10.5 Å². The first kappa shape index (κ1) is 26.9. The fourth-order valence-corrected chi connectivity index (χ4v) is 5.29. The van der Waals surface area contributed by atoms with Gasteiger partial charge in [-0.25, -0.2) is 0 Å². The van der Waals surface area contributed by atoms with Crippen molar-refractivity contribution in [1.82, 2.24) is 0 Å². The summed E-state index contributed by atoms with van der Waals surface area (Å²) in [6.07, 6.45) is 7.62. The zero-order valence-corrected chi connectivity index (χ0v) is 22.9. The van der Waals surface area contributed by atoms with E-state index in [9.17, 15) is 10.5 Å². The van der Waals surface area contributed by atoms with Gasteiger partial charge in [-0.15, -0.1) is 0 Å². The zero-order chi connectivity index (χ0) is 28.8. The van der Waals surface area contributed by atoms with Gasteiger partial charge in [-0.05, 0) is 80.4 Å². The average molecular weight is 528 g/mol. The Balaban J connectivity index is 1.74. The van der Waals surface area contributed by atoms with Crippen molar-refractivity contribution >= 4 is 27.2 Å². The van der Waals surface area contributed by atoms with Gasteiger partial charge in [0, 0.05) is 16.8 Å². The van der Waals surface area contributed by atoms with Crippen molar-refractivity contribution in [3.63, 3.8) is 0 Å². The highest BCUT2D eigenvalue weighted by atomic mass is 14.6. The van der Waals surface area contributed by atoms with Gasteiger partial charge in [0.2, 0.25) is 0 Å². The Kier molecular flexibility index (Phi) is 7.91. The Bertz CT molecular complexity index is 1920. The molecule has 41 heavy (non-hydrogen) atoms. The van der Waals surface area contributed by atoms with Gasteiger partial charge in [0.15, 0.2) is 0 Å². The van der Waals surface area contributed by atoms with Gasteiger partial charge in [-0.2, -0.15) is 10.5 Å². The summed E-state index contributed by atoms with van der Waals surface area (Å²) in [5.41, 5.74) is 14.6. The maximum Gasteiger partial charge on any atom is 0.0988 e. The van der Waals surface area contributed by atoms with E-state index in [1.54, 1.807) is 18.2 Å². The van der Waals surface area contributed by atoms with Crippen LogP contribution < -0.4 is 5.73 Å². The quantitative estimate of drug-likeness (QED) is 0.130. The van der Waals surface area contributed by atoms with Crippen LogP contribution in [-0.2, 0) is 6.42 Å². The lowest BCUT2D eigenvalue weighted by Crippen LogP contribution is -1.98. The summed E-state index contributed by atoms with van der Waals surface area (Å²) in [6.45, 7) is 5.56. The van der Waals surface area contributed by atoms with E-state index < -0.39 is 0 Å². The molecule has 0 aromatic heterocycles. The predicted octanol–water partition coefficient (Wildman–Crippen LogP) is 9.27. The Morgan fingerprint density at radius 2 is 1.27 bits per heavy atom. The van der Waals surface area contributed by atoms with Crippen LogP contribution >= 0.6 is 0 Å². The molecule has 0 aliphatic heterocycles. The standard InChI is InChI=1S/C38H29N3/c1-3-26(24-39)19-20-28-11-9-13-30(21-28)37-32-15-5-7-17-34(32)38(35-18-8-6-16-33(35)37)31-14-10-12-29(23-31)36(41)22-27(4-2)25-40/h3-19,21-23H,1,20,41H2,2H3/b26-19+,27-4+,36-22-. The highest BCUT2D eigenvalue weighted by molar-refractivity contribution is 6.21. The predicted molar refractivity (Wildman–Crippen MR) is 171 cm³/mol. The normalized spacial score (nSPS) is 12.2. The van der Waals surface area contributed by atoms with Gasteiger partial charge >= 0.3 is 0 Å². The first-order valence-electron chi connectivity index (χ1n) is 13.5. The second-order valence-electron chi connectivity index (χ2n) is 9.76. The summed E-state index contributed by atoms with van der Waals surface area (Å²) in [4.78, 5) is 0. The Morgan fingerprint density at radius 1 is 0.732 bits per heavy atom. The van der Waals surface area contributed by atoms with Crippen LogP contribution in [0.1, 0.15) is 18.1 Å². The van der Waals surface area contributed by atoms with Crippen molar-refractivity contribution in [2.24, 2.45) is 5.73 Å². The molecular formula is C38H29N3. The lowest BCUT2D eigenvalue weighted by atomic mass is 9.85. The number of benzene rings is 5. The van der Waals surface area contributed by atoms with Crippen LogP contribution in [0, 0.1) is 22.7 Å². The molecule has 0 aliphatic rings.